The van der Waals surface area contributed by atoms with Crippen molar-refractivity contribution < 1.29 is 27.1 Å². The molecule has 1 heterocycles. The fourth-order valence-corrected chi connectivity index (χ4v) is 3.18. The molecule has 1 aromatic heterocycles. The highest BCUT2D eigenvalue weighted by Gasteiger charge is 2.27. The van der Waals surface area contributed by atoms with Gasteiger partial charge in [-0.3, -0.25) is 4.79 Å². The van der Waals surface area contributed by atoms with E-state index in [9.17, 15) is 22.4 Å². The first-order chi connectivity index (χ1) is 16.5. The highest BCUT2D eigenvalue weighted by Crippen LogP contribution is 2.39. The van der Waals surface area contributed by atoms with Gasteiger partial charge in [0.05, 0.1) is 40.3 Å². The Balaban J connectivity index is 2.04. The van der Waals surface area contributed by atoms with Crippen LogP contribution < -0.4 is 15.4 Å². The molecule has 0 bridgehead atoms. The number of likely N-dealkylation sites (N-methyl/N-ethyl adjacent to an activating group) is 1. The molecule has 1 amide bonds. The second-order valence-electron chi connectivity index (χ2n) is 7.65. The summed E-state index contributed by atoms with van der Waals surface area (Å²) < 4.78 is 58.3. The van der Waals surface area contributed by atoms with Crippen molar-refractivity contribution in [2.45, 2.75) is 12.6 Å². The van der Waals surface area contributed by atoms with E-state index in [0.29, 0.717) is 12.1 Å². The SMILES string of the molecule is CN(C)C/C=C/C(=O)Nc1ccc2ncnc(Nc3cccc(Cl)c3F)c2c1OCCC(F)(F)F. The molecule has 0 unspecified atom stereocenters. The van der Waals surface area contributed by atoms with Gasteiger partial charge in [-0.15, -0.1) is 0 Å². The summed E-state index contributed by atoms with van der Waals surface area (Å²) in [6, 6.07) is 7.29. The second kappa shape index (κ2) is 11.3. The lowest BCUT2D eigenvalue weighted by Crippen LogP contribution is -2.16. The molecule has 0 fully saturated rings. The number of carbonyl (C=O) groups excluding carboxylic acids is 1. The molecule has 2 aromatic carbocycles. The van der Waals surface area contributed by atoms with Crippen molar-refractivity contribution in [3.05, 3.63) is 59.7 Å². The Morgan fingerprint density at radius 1 is 1.17 bits per heavy atom. The predicted molar refractivity (Wildman–Crippen MR) is 127 cm³/mol. The zero-order valence-corrected chi connectivity index (χ0v) is 19.5. The van der Waals surface area contributed by atoms with E-state index in [2.05, 4.69) is 20.6 Å². The first-order valence-electron chi connectivity index (χ1n) is 10.4. The monoisotopic (exact) mass is 511 g/mol. The maximum atomic E-state index is 14.5. The number of nitrogens with one attached hydrogen (secondary N) is 2. The van der Waals surface area contributed by atoms with Crippen molar-refractivity contribution in [2.24, 2.45) is 0 Å². The van der Waals surface area contributed by atoms with Crippen LogP contribution >= 0.6 is 11.6 Å². The molecule has 2 N–H and O–H groups in total. The molecule has 3 rings (SSSR count). The summed E-state index contributed by atoms with van der Waals surface area (Å²) in [5.41, 5.74) is 0.386. The van der Waals surface area contributed by atoms with Crippen LogP contribution in [0.5, 0.6) is 5.75 Å². The molecule has 0 aliphatic rings. The van der Waals surface area contributed by atoms with Crippen molar-refractivity contribution in [3.8, 4) is 5.75 Å². The van der Waals surface area contributed by atoms with Crippen LogP contribution in [-0.2, 0) is 4.79 Å². The van der Waals surface area contributed by atoms with Crippen LogP contribution in [0.3, 0.4) is 0 Å². The number of aromatic nitrogens is 2. The van der Waals surface area contributed by atoms with Crippen molar-refractivity contribution in [1.29, 1.82) is 0 Å². The quantitative estimate of drug-likeness (QED) is 0.289. The molecule has 12 heteroatoms. The fraction of sp³-hybridized carbons (Fsp3) is 0.261. The van der Waals surface area contributed by atoms with Crippen LogP contribution in [0.4, 0.5) is 34.8 Å². The number of hydrogen-bond donors (Lipinski definition) is 2. The summed E-state index contributed by atoms with van der Waals surface area (Å²) in [6.07, 6.45) is -1.55. The fourth-order valence-electron chi connectivity index (χ4n) is 3.01. The molecule has 0 aliphatic carbocycles. The zero-order chi connectivity index (χ0) is 25.6. The summed E-state index contributed by atoms with van der Waals surface area (Å²) in [5, 5.41) is 5.42. The lowest BCUT2D eigenvalue weighted by Gasteiger charge is -2.17. The maximum absolute atomic E-state index is 14.5. The Hall–Kier alpha value is -3.44. The van der Waals surface area contributed by atoms with Crippen LogP contribution in [0.25, 0.3) is 10.9 Å². The van der Waals surface area contributed by atoms with Gasteiger partial charge in [-0.2, -0.15) is 13.2 Å². The Morgan fingerprint density at radius 3 is 2.66 bits per heavy atom. The van der Waals surface area contributed by atoms with E-state index in [1.165, 1.54) is 42.7 Å². The standard InChI is InChI=1S/C23H22ClF4N5O2/c1-33(2)11-4-7-18(34)31-17-9-8-15-19(21(17)35-12-10-23(26,27)28)22(30-13-29-15)32-16-6-3-5-14(24)20(16)25/h3-9,13H,10-12H2,1-2H3,(H,31,34)(H,29,30,32)/b7-4+. The largest absolute Gasteiger partial charge is 0.490 e. The van der Waals surface area contributed by atoms with Crippen molar-refractivity contribution in [2.75, 3.05) is 37.9 Å². The molecule has 186 valence electrons. The van der Waals surface area contributed by atoms with Crippen molar-refractivity contribution in [3.63, 3.8) is 0 Å². The molecular weight excluding hydrogens is 490 g/mol. The number of amides is 1. The molecule has 7 nitrogen and oxygen atoms in total. The minimum Gasteiger partial charge on any atom is -0.490 e. The molecule has 0 saturated carbocycles. The molecule has 0 saturated heterocycles. The Labute approximate surface area is 203 Å². The number of fused-ring (bicyclic) bond motifs is 1. The van der Waals surface area contributed by atoms with Crippen molar-refractivity contribution >= 4 is 45.6 Å². The van der Waals surface area contributed by atoms with Gasteiger partial charge >= 0.3 is 6.18 Å². The van der Waals surface area contributed by atoms with E-state index < -0.39 is 30.9 Å². The van der Waals surface area contributed by atoms with Gasteiger partial charge in [-0.25, -0.2) is 14.4 Å². The minimum absolute atomic E-state index is 0.0141. The zero-order valence-electron chi connectivity index (χ0n) is 18.8. The molecule has 0 spiro atoms. The van der Waals surface area contributed by atoms with Crippen LogP contribution in [0.1, 0.15) is 6.42 Å². The van der Waals surface area contributed by atoms with E-state index in [-0.39, 0.29) is 33.4 Å². The molecule has 35 heavy (non-hydrogen) atoms. The average molecular weight is 512 g/mol. The number of anilines is 3. The number of benzene rings is 2. The van der Waals surface area contributed by atoms with E-state index in [1.54, 1.807) is 6.08 Å². The number of ether oxygens (including phenoxy) is 1. The van der Waals surface area contributed by atoms with Crippen LogP contribution in [0, 0.1) is 5.82 Å². The van der Waals surface area contributed by atoms with Gasteiger partial charge in [-0.05, 0) is 38.4 Å². The minimum atomic E-state index is -4.45. The maximum Gasteiger partial charge on any atom is 0.392 e. The summed E-state index contributed by atoms with van der Waals surface area (Å²) in [5.74, 6) is -1.29. The molecule has 0 radical (unpaired) electrons. The number of hydrogen-bond acceptors (Lipinski definition) is 6. The average Bonchev–Trinajstić information content (AvgIpc) is 2.77. The number of alkyl halides is 3. The Morgan fingerprint density at radius 2 is 1.94 bits per heavy atom. The van der Waals surface area contributed by atoms with E-state index in [1.807, 2.05) is 19.0 Å². The first-order valence-corrected chi connectivity index (χ1v) is 10.7. The number of nitrogens with zero attached hydrogens (tertiary/aromatic N) is 3. The summed E-state index contributed by atoms with van der Waals surface area (Å²) >= 11 is 5.85. The second-order valence-corrected chi connectivity index (χ2v) is 8.06. The molecule has 0 atom stereocenters. The summed E-state index contributed by atoms with van der Waals surface area (Å²) in [7, 11) is 3.66. The lowest BCUT2D eigenvalue weighted by molar-refractivity contribution is -0.139. The summed E-state index contributed by atoms with van der Waals surface area (Å²) in [4.78, 5) is 22.5. The molecule has 0 aliphatic heterocycles. The van der Waals surface area contributed by atoms with Gasteiger partial charge < -0.3 is 20.3 Å². The van der Waals surface area contributed by atoms with Crippen molar-refractivity contribution in [1.82, 2.24) is 14.9 Å². The van der Waals surface area contributed by atoms with Crippen LogP contribution in [0.2, 0.25) is 5.02 Å². The van der Waals surface area contributed by atoms with Gasteiger partial charge in [0.15, 0.2) is 11.6 Å². The predicted octanol–water partition coefficient (Wildman–Crippen LogP) is 5.55. The third-order valence-corrected chi connectivity index (χ3v) is 4.88. The number of rotatable bonds is 9. The number of carbonyl (C=O) groups is 1. The van der Waals surface area contributed by atoms with Crippen LogP contribution in [0.15, 0.2) is 48.8 Å². The van der Waals surface area contributed by atoms with E-state index in [4.69, 9.17) is 16.3 Å². The Kier molecular flexibility index (Phi) is 8.47. The van der Waals surface area contributed by atoms with E-state index in [0.717, 1.165) is 0 Å². The highest BCUT2D eigenvalue weighted by molar-refractivity contribution is 6.31. The first kappa shape index (κ1) is 26.2. The topological polar surface area (TPSA) is 79.4 Å². The van der Waals surface area contributed by atoms with Gasteiger partial charge in [-0.1, -0.05) is 23.7 Å². The Bertz CT molecular complexity index is 1230. The van der Waals surface area contributed by atoms with Gasteiger partial charge in [0.1, 0.15) is 12.1 Å². The third-order valence-electron chi connectivity index (χ3n) is 4.59. The molecule has 3 aromatic rings. The summed E-state index contributed by atoms with van der Waals surface area (Å²) in [6.45, 7) is -0.213. The highest BCUT2D eigenvalue weighted by atomic mass is 35.5. The smallest absolute Gasteiger partial charge is 0.392 e. The molecular formula is C23H22ClF4N5O2. The van der Waals surface area contributed by atoms with E-state index >= 15 is 0 Å². The third kappa shape index (κ3) is 7.27. The van der Waals surface area contributed by atoms with Gasteiger partial charge in [0, 0.05) is 12.6 Å². The number of halogens is 5. The van der Waals surface area contributed by atoms with Gasteiger partial charge in [0.25, 0.3) is 0 Å². The van der Waals surface area contributed by atoms with Crippen LogP contribution in [-0.4, -0.2) is 54.2 Å². The van der Waals surface area contributed by atoms with Gasteiger partial charge in [0.2, 0.25) is 5.91 Å². The lowest BCUT2D eigenvalue weighted by atomic mass is 10.1. The normalized spacial score (nSPS) is 11.9.